The average molecular weight is 195 g/mol. The van der Waals surface area contributed by atoms with Crippen molar-refractivity contribution >= 4 is 5.91 Å². The van der Waals surface area contributed by atoms with Gasteiger partial charge in [0.05, 0.1) is 17.9 Å². The number of aryl methyl sites for hydroxylation is 1. The summed E-state index contributed by atoms with van der Waals surface area (Å²) in [6.45, 7) is 2.82. The fourth-order valence-corrected chi connectivity index (χ4v) is 1.60. The zero-order valence-electron chi connectivity index (χ0n) is 8.06. The second kappa shape index (κ2) is 3.46. The van der Waals surface area contributed by atoms with Crippen LogP contribution in [0.2, 0.25) is 0 Å². The van der Waals surface area contributed by atoms with Crippen LogP contribution in [0.4, 0.5) is 0 Å². The van der Waals surface area contributed by atoms with Gasteiger partial charge in [0.15, 0.2) is 0 Å². The van der Waals surface area contributed by atoms with Crippen molar-refractivity contribution in [3.63, 3.8) is 0 Å². The number of aliphatic hydroxyl groups is 1. The van der Waals surface area contributed by atoms with Crippen LogP contribution in [0.25, 0.3) is 0 Å². The van der Waals surface area contributed by atoms with Gasteiger partial charge in [-0.2, -0.15) is 0 Å². The number of β-amino-alcohol motifs (C(OH)–C–C–N with tert-alkyl or cyclic N) is 1. The molecule has 4 heteroatoms. The van der Waals surface area contributed by atoms with E-state index in [-0.39, 0.29) is 12.0 Å². The number of hydrogen-bond donors (Lipinski definition) is 1. The Morgan fingerprint density at radius 1 is 1.71 bits per heavy atom. The molecule has 76 valence electrons. The Hall–Kier alpha value is -1.29. The molecule has 1 fully saturated rings. The van der Waals surface area contributed by atoms with Crippen molar-refractivity contribution < 1.29 is 14.3 Å². The number of carbonyl (C=O) groups is 1. The number of furan rings is 1. The Morgan fingerprint density at radius 3 is 3.00 bits per heavy atom. The maximum Gasteiger partial charge on any atom is 0.257 e. The Bertz CT molecular complexity index is 339. The molecule has 1 aliphatic rings. The van der Waals surface area contributed by atoms with E-state index < -0.39 is 0 Å². The molecule has 0 aliphatic carbocycles. The molecule has 0 saturated carbocycles. The van der Waals surface area contributed by atoms with Gasteiger partial charge in [0.2, 0.25) is 0 Å². The van der Waals surface area contributed by atoms with E-state index in [9.17, 15) is 4.79 Å². The summed E-state index contributed by atoms with van der Waals surface area (Å²) in [6, 6.07) is 1.69. The molecule has 1 aromatic rings. The fourth-order valence-electron chi connectivity index (χ4n) is 1.60. The van der Waals surface area contributed by atoms with E-state index in [0.717, 1.165) is 5.76 Å². The monoisotopic (exact) mass is 195 g/mol. The third kappa shape index (κ3) is 1.42. The molecule has 0 spiro atoms. The summed E-state index contributed by atoms with van der Waals surface area (Å²) in [5.74, 6) is 0.678. The number of rotatable bonds is 2. The van der Waals surface area contributed by atoms with Gasteiger partial charge in [0.1, 0.15) is 5.76 Å². The maximum atomic E-state index is 11.8. The summed E-state index contributed by atoms with van der Waals surface area (Å²) in [5, 5.41) is 9.07. The molecule has 1 amide bonds. The minimum atomic E-state index is -0.351. The standard InChI is InChI=1S/C10H13NO3/c1-2-9-8(3-4-14-9)10(13)11-5-7(12)6-11/h3-4,7,12H,2,5-6H2,1H3. The van der Waals surface area contributed by atoms with Crippen LogP contribution in [-0.4, -0.2) is 35.1 Å². The maximum absolute atomic E-state index is 11.8. The molecule has 1 aliphatic heterocycles. The van der Waals surface area contributed by atoms with E-state index in [1.807, 2.05) is 6.92 Å². The van der Waals surface area contributed by atoms with Gasteiger partial charge in [-0.15, -0.1) is 0 Å². The molecule has 0 unspecified atom stereocenters. The molecule has 0 radical (unpaired) electrons. The van der Waals surface area contributed by atoms with Crippen LogP contribution in [0.5, 0.6) is 0 Å². The van der Waals surface area contributed by atoms with Crippen LogP contribution >= 0.6 is 0 Å². The number of likely N-dealkylation sites (tertiary alicyclic amines) is 1. The molecule has 1 aromatic heterocycles. The SMILES string of the molecule is CCc1occc1C(=O)N1CC(O)C1. The smallest absolute Gasteiger partial charge is 0.257 e. The third-order valence-corrected chi connectivity index (χ3v) is 2.45. The van der Waals surface area contributed by atoms with Gasteiger partial charge < -0.3 is 14.4 Å². The number of carbonyl (C=O) groups excluding carboxylic acids is 1. The first-order valence-electron chi connectivity index (χ1n) is 4.76. The van der Waals surface area contributed by atoms with Crippen molar-refractivity contribution in [2.75, 3.05) is 13.1 Å². The van der Waals surface area contributed by atoms with E-state index in [0.29, 0.717) is 25.1 Å². The molecule has 0 atom stereocenters. The van der Waals surface area contributed by atoms with E-state index in [4.69, 9.17) is 9.52 Å². The molecule has 1 N–H and O–H groups in total. The molecule has 0 aromatic carbocycles. The van der Waals surface area contributed by atoms with E-state index in [2.05, 4.69) is 0 Å². The Kier molecular flexibility index (Phi) is 2.29. The number of nitrogens with zero attached hydrogens (tertiary/aromatic N) is 1. The summed E-state index contributed by atoms with van der Waals surface area (Å²) in [5.41, 5.74) is 0.624. The summed E-state index contributed by atoms with van der Waals surface area (Å²) in [4.78, 5) is 13.4. The van der Waals surface area contributed by atoms with Gasteiger partial charge in [0, 0.05) is 19.5 Å². The Balaban J connectivity index is 2.11. The Morgan fingerprint density at radius 2 is 2.43 bits per heavy atom. The highest BCUT2D eigenvalue weighted by molar-refractivity contribution is 5.95. The lowest BCUT2D eigenvalue weighted by Gasteiger charge is -2.35. The Labute approximate surface area is 82.1 Å². The molecule has 2 heterocycles. The van der Waals surface area contributed by atoms with Crippen LogP contribution in [0.15, 0.2) is 16.7 Å². The normalized spacial score (nSPS) is 16.9. The summed E-state index contributed by atoms with van der Waals surface area (Å²) in [7, 11) is 0. The molecular formula is C10H13NO3. The fraction of sp³-hybridized carbons (Fsp3) is 0.500. The van der Waals surface area contributed by atoms with Gasteiger partial charge in [-0.05, 0) is 6.07 Å². The highest BCUT2D eigenvalue weighted by atomic mass is 16.3. The lowest BCUT2D eigenvalue weighted by molar-refractivity contribution is 0.00575. The van der Waals surface area contributed by atoms with Crippen molar-refractivity contribution in [3.8, 4) is 0 Å². The van der Waals surface area contributed by atoms with Crippen molar-refractivity contribution in [3.05, 3.63) is 23.7 Å². The van der Waals surface area contributed by atoms with Crippen LogP contribution in [0, 0.1) is 0 Å². The first kappa shape index (κ1) is 9.27. The van der Waals surface area contributed by atoms with Crippen molar-refractivity contribution in [1.29, 1.82) is 0 Å². The third-order valence-electron chi connectivity index (χ3n) is 2.45. The number of aliphatic hydroxyl groups excluding tert-OH is 1. The van der Waals surface area contributed by atoms with Crippen molar-refractivity contribution in [2.24, 2.45) is 0 Å². The minimum Gasteiger partial charge on any atom is -0.469 e. The van der Waals surface area contributed by atoms with E-state index in [1.54, 1.807) is 11.0 Å². The van der Waals surface area contributed by atoms with Gasteiger partial charge in [0.25, 0.3) is 5.91 Å². The van der Waals surface area contributed by atoms with Gasteiger partial charge in [-0.25, -0.2) is 0 Å². The second-order valence-electron chi connectivity index (χ2n) is 3.47. The lowest BCUT2D eigenvalue weighted by Crippen LogP contribution is -2.53. The quantitative estimate of drug-likeness (QED) is 0.754. The molecule has 2 rings (SSSR count). The molecule has 0 bridgehead atoms. The number of hydrogen-bond acceptors (Lipinski definition) is 3. The van der Waals surface area contributed by atoms with Crippen molar-refractivity contribution in [2.45, 2.75) is 19.4 Å². The minimum absolute atomic E-state index is 0.0408. The van der Waals surface area contributed by atoms with Crippen molar-refractivity contribution in [1.82, 2.24) is 4.90 Å². The van der Waals surface area contributed by atoms with E-state index in [1.165, 1.54) is 6.26 Å². The highest BCUT2D eigenvalue weighted by Gasteiger charge is 2.30. The second-order valence-corrected chi connectivity index (χ2v) is 3.47. The highest BCUT2D eigenvalue weighted by Crippen LogP contribution is 2.17. The molecular weight excluding hydrogens is 182 g/mol. The lowest BCUT2D eigenvalue weighted by atomic mass is 10.1. The van der Waals surface area contributed by atoms with Crippen LogP contribution in [0.1, 0.15) is 23.0 Å². The summed E-state index contributed by atoms with van der Waals surface area (Å²) >= 11 is 0. The first-order valence-corrected chi connectivity index (χ1v) is 4.76. The summed E-state index contributed by atoms with van der Waals surface area (Å²) < 4.78 is 5.17. The van der Waals surface area contributed by atoms with Gasteiger partial charge >= 0.3 is 0 Å². The van der Waals surface area contributed by atoms with Gasteiger partial charge in [-0.1, -0.05) is 6.92 Å². The molecule has 4 nitrogen and oxygen atoms in total. The van der Waals surface area contributed by atoms with Crippen LogP contribution in [0.3, 0.4) is 0 Å². The van der Waals surface area contributed by atoms with E-state index >= 15 is 0 Å². The van der Waals surface area contributed by atoms with Crippen LogP contribution < -0.4 is 0 Å². The predicted molar refractivity (Wildman–Crippen MR) is 50.0 cm³/mol. The zero-order valence-corrected chi connectivity index (χ0v) is 8.06. The predicted octanol–water partition coefficient (Wildman–Crippen LogP) is 0.659. The van der Waals surface area contributed by atoms with Gasteiger partial charge in [-0.3, -0.25) is 4.79 Å². The molecule has 1 saturated heterocycles. The molecule has 14 heavy (non-hydrogen) atoms. The number of amides is 1. The van der Waals surface area contributed by atoms with Crippen LogP contribution in [-0.2, 0) is 6.42 Å². The first-order chi connectivity index (χ1) is 6.72. The topological polar surface area (TPSA) is 53.7 Å². The zero-order chi connectivity index (χ0) is 10.1. The largest absolute Gasteiger partial charge is 0.469 e. The average Bonchev–Trinajstić information content (AvgIpc) is 2.59. The summed E-state index contributed by atoms with van der Waals surface area (Å²) in [6.07, 6.45) is 1.89.